The molecule has 2 N–H and O–H groups in total. The molecule has 19 heavy (non-hydrogen) atoms. The summed E-state index contributed by atoms with van der Waals surface area (Å²) in [7, 11) is 0. The Morgan fingerprint density at radius 2 is 2.16 bits per heavy atom. The molecule has 0 aromatic heterocycles. The lowest BCUT2D eigenvalue weighted by atomic mass is 9.97. The molecule has 0 saturated heterocycles. The Kier molecular flexibility index (Phi) is 4.53. The van der Waals surface area contributed by atoms with Crippen LogP contribution in [-0.4, -0.2) is 28.9 Å². The van der Waals surface area contributed by atoms with Crippen molar-refractivity contribution in [2.45, 2.75) is 37.1 Å². The van der Waals surface area contributed by atoms with Crippen LogP contribution < -0.4 is 5.32 Å². The first-order valence-corrected chi connectivity index (χ1v) is 7.64. The second-order valence-corrected chi connectivity index (χ2v) is 6.47. The van der Waals surface area contributed by atoms with E-state index in [1.54, 1.807) is 11.8 Å². The average molecular weight is 279 g/mol. The Hall–Kier alpha value is -1.00. The molecule has 1 aliphatic rings. The minimum absolute atomic E-state index is 0.00305. The van der Waals surface area contributed by atoms with E-state index in [-0.39, 0.29) is 12.5 Å². The van der Waals surface area contributed by atoms with Crippen molar-refractivity contribution < 1.29 is 9.90 Å². The van der Waals surface area contributed by atoms with Crippen LogP contribution in [-0.2, 0) is 4.79 Å². The first-order valence-electron chi connectivity index (χ1n) is 6.65. The highest BCUT2D eigenvalue weighted by atomic mass is 32.2. The van der Waals surface area contributed by atoms with Gasteiger partial charge in [0.25, 0.3) is 0 Å². The van der Waals surface area contributed by atoms with Crippen LogP contribution >= 0.6 is 11.8 Å². The predicted octanol–water partition coefficient (Wildman–Crippen LogP) is 2.36. The van der Waals surface area contributed by atoms with Crippen molar-refractivity contribution in [2.75, 3.05) is 12.4 Å². The molecule has 1 aliphatic carbocycles. The standard InChI is InChI=1S/C15H21NO2S/c1-11-5-3-4-6-13(11)19-9-14(18)16-15(2,10-17)12-7-8-12/h3-6,12,17H,7-10H2,1-2H3,(H,16,18). The Bertz CT molecular complexity index is 459. The zero-order valence-corrected chi connectivity index (χ0v) is 12.3. The van der Waals surface area contributed by atoms with Crippen LogP contribution in [0.3, 0.4) is 0 Å². The molecular weight excluding hydrogens is 258 g/mol. The highest BCUT2D eigenvalue weighted by molar-refractivity contribution is 8.00. The molecule has 1 aromatic carbocycles. The van der Waals surface area contributed by atoms with Crippen molar-refractivity contribution in [1.29, 1.82) is 0 Å². The first kappa shape index (κ1) is 14.4. The number of thioether (sulfide) groups is 1. The van der Waals surface area contributed by atoms with Crippen molar-refractivity contribution in [3.8, 4) is 0 Å². The Morgan fingerprint density at radius 3 is 2.74 bits per heavy atom. The van der Waals surface area contributed by atoms with Crippen LogP contribution in [0.5, 0.6) is 0 Å². The summed E-state index contributed by atoms with van der Waals surface area (Å²) in [5, 5.41) is 12.4. The SMILES string of the molecule is Cc1ccccc1SCC(=O)NC(C)(CO)C1CC1. The normalized spacial score (nSPS) is 17.8. The van der Waals surface area contributed by atoms with Gasteiger partial charge in [-0.15, -0.1) is 11.8 Å². The minimum Gasteiger partial charge on any atom is -0.394 e. The van der Waals surface area contributed by atoms with E-state index >= 15 is 0 Å². The maximum Gasteiger partial charge on any atom is 0.230 e. The lowest BCUT2D eigenvalue weighted by Gasteiger charge is -2.28. The van der Waals surface area contributed by atoms with E-state index in [1.807, 2.05) is 38.1 Å². The molecule has 0 heterocycles. The second kappa shape index (κ2) is 5.97. The maximum absolute atomic E-state index is 12.0. The molecular formula is C15H21NO2S. The Morgan fingerprint density at radius 1 is 1.47 bits per heavy atom. The number of rotatable bonds is 6. The lowest BCUT2D eigenvalue weighted by Crippen LogP contribution is -2.51. The molecule has 2 rings (SSSR count). The molecule has 4 heteroatoms. The number of benzene rings is 1. The van der Waals surface area contributed by atoms with Crippen LogP contribution in [0.25, 0.3) is 0 Å². The van der Waals surface area contributed by atoms with E-state index in [1.165, 1.54) is 5.56 Å². The Balaban J connectivity index is 1.86. The second-order valence-electron chi connectivity index (χ2n) is 5.45. The zero-order chi connectivity index (χ0) is 13.9. The summed E-state index contributed by atoms with van der Waals surface area (Å²) >= 11 is 1.54. The van der Waals surface area contributed by atoms with Gasteiger partial charge in [0, 0.05) is 4.90 Å². The number of hydrogen-bond donors (Lipinski definition) is 2. The van der Waals surface area contributed by atoms with E-state index in [0.29, 0.717) is 11.7 Å². The first-order chi connectivity index (χ1) is 9.05. The van der Waals surface area contributed by atoms with Gasteiger partial charge in [-0.3, -0.25) is 4.79 Å². The fraction of sp³-hybridized carbons (Fsp3) is 0.533. The third-order valence-electron chi connectivity index (χ3n) is 3.68. The summed E-state index contributed by atoms with van der Waals surface area (Å²) < 4.78 is 0. The van der Waals surface area contributed by atoms with Gasteiger partial charge in [0.15, 0.2) is 0 Å². The predicted molar refractivity (Wildman–Crippen MR) is 78.3 cm³/mol. The summed E-state index contributed by atoms with van der Waals surface area (Å²) in [5.74, 6) is 0.828. The van der Waals surface area contributed by atoms with Crippen molar-refractivity contribution in [3.05, 3.63) is 29.8 Å². The number of amides is 1. The third kappa shape index (κ3) is 3.74. The van der Waals surface area contributed by atoms with Gasteiger partial charge in [-0.25, -0.2) is 0 Å². The molecule has 1 amide bonds. The maximum atomic E-state index is 12.0. The fourth-order valence-electron chi connectivity index (χ4n) is 2.21. The van der Waals surface area contributed by atoms with Gasteiger partial charge in [0.1, 0.15) is 0 Å². The van der Waals surface area contributed by atoms with Crippen molar-refractivity contribution in [1.82, 2.24) is 5.32 Å². The average Bonchev–Trinajstić information content (AvgIpc) is 3.22. The summed E-state index contributed by atoms with van der Waals surface area (Å²) in [6.07, 6.45) is 2.20. The van der Waals surface area contributed by atoms with Gasteiger partial charge in [-0.1, -0.05) is 18.2 Å². The van der Waals surface area contributed by atoms with Gasteiger partial charge in [0.05, 0.1) is 17.9 Å². The van der Waals surface area contributed by atoms with Crippen LogP contribution in [0.2, 0.25) is 0 Å². The summed E-state index contributed by atoms with van der Waals surface area (Å²) in [6.45, 7) is 3.99. The van der Waals surface area contributed by atoms with E-state index in [9.17, 15) is 9.90 Å². The van der Waals surface area contributed by atoms with E-state index in [0.717, 1.165) is 17.7 Å². The molecule has 1 fully saturated rings. The number of nitrogens with one attached hydrogen (secondary N) is 1. The van der Waals surface area contributed by atoms with E-state index in [4.69, 9.17) is 0 Å². The molecule has 1 unspecified atom stereocenters. The highest BCUT2D eigenvalue weighted by Crippen LogP contribution is 2.39. The molecule has 104 valence electrons. The van der Waals surface area contributed by atoms with Crippen molar-refractivity contribution in [3.63, 3.8) is 0 Å². The fourth-order valence-corrected chi connectivity index (χ4v) is 3.04. The smallest absolute Gasteiger partial charge is 0.230 e. The molecule has 1 atom stereocenters. The number of aryl methyl sites for hydroxylation is 1. The molecule has 1 saturated carbocycles. The number of aliphatic hydroxyl groups is 1. The van der Waals surface area contributed by atoms with Crippen LogP contribution in [0.1, 0.15) is 25.3 Å². The largest absolute Gasteiger partial charge is 0.394 e. The van der Waals surface area contributed by atoms with Crippen molar-refractivity contribution >= 4 is 17.7 Å². The van der Waals surface area contributed by atoms with E-state index in [2.05, 4.69) is 5.32 Å². The molecule has 0 spiro atoms. The van der Waals surface area contributed by atoms with Gasteiger partial charge < -0.3 is 10.4 Å². The summed E-state index contributed by atoms with van der Waals surface area (Å²) in [6, 6.07) is 8.05. The van der Waals surface area contributed by atoms with Crippen LogP contribution in [0.4, 0.5) is 0 Å². The molecule has 0 aliphatic heterocycles. The molecule has 3 nitrogen and oxygen atoms in total. The topological polar surface area (TPSA) is 49.3 Å². The highest BCUT2D eigenvalue weighted by Gasteiger charge is 2.42. The van der Waals surface area contributed by atoms with Crippen LogP contribution in [0.15, 0.2) is 29.2 Å². The lowest BCUT2D eigenvalue weighted by molar-refractivity contribution is -0.121. The quantitative estimate of drug-likeness (QED) is 0.786. The number of carbonyl (C=O) groups excluding carboxylic acids is 1. The zero-order valence-electron chi connectivity index (χ0n) is 11.5. The molecule has 1 aromatic rings. The van der Waals surface area contributed by atoms with Crippen molar-refractivity contribution in [2.24, 2.45) is 5.92 Å². The van der Waals surface area contributed by atoms with Gasteiger partial charge >= 0.3 is 0 Å². The van der Waals surface area contributed by atoms with Gasteiger partial charge in [0.2, 0.25) is 5.91 Å². The van der Waals surface area contributed by atoms with Gasteiger partial charge in [-0.05, 0) is 44.2 Å². The van der Waals surface area contributed by atoms with E-state index < -0.39 is 5.54 Å². The number of hydrogen-bond acceptors (Lipinski definition) is 3. The number of carbonyl (C=O) groups is 1. The molecule has 0 bridgehead atoms. The molecule has 0 radical (unpaired) electrons. The van der Waals surface area contributed by atoms with Crippen LogP contribution in [0, 0.1) is 12.8 Å². The Labute approximate surface area is 118 Å². The summed E-state index contributed by atoms with van der Waals surface area (Å²) in [5.41, 5.74) is 0.746. The summed E-state index contributed by atoms with van der Waals surface area (Å²) in [4.78, 5) is 13.1. The number of aliphatic hydroxyl groups excluding tert-OH is 1. The van der Waals surface area contributed by atoms with Gasteiger partial charge in [-0.2, -0.15) is 0 Å². The third-order valence-corrected chi connectivity index (χ3v) is 4.86. The minimum atomic E-state index is -0.441. The monoisotopic (exact) mass is 279 g/mol.